The largest absolute Gasteiger partial charge is 0.495 e. The van der Waals surface area contributed by atoms with Crippen LogP contribution in [-0.4, -0.2) is 49.8 Å². The molecule has 0 radical (unpaired) electrons. The van der Waals surface area contributed by atoms with Crippen molar-refractivity contribution in [1.82, 2.24) is 4.72 Å². The van der Waals surface area contributed by atoms with E-state index in [-0.39, 0.29) is 35.1 Å². The van der Waals surface area contributed by atoms with Crippen LogP contribution >= 0.6 is 0 Å². The van der Waals surface area contributed by atoms with Crippen LogP contribution < -0.4 is 23.2 Å². The maximum absolute atomic E-state index is 13.0. The first-order valence-corrected chi connectivity index (χ1v) is 12.2. The van der Waals surface area contributed by atoms with Crippen LogP contribution in [0.25, 0.3) is 0 Å². The molecule has 0 bridgehead atoms. The molecule has 0 spiro atoms. The normalized spacial score (nSPS) is 15.7. The Bertz CT molecular complexity index is 1210. The van der Waals surface area contributed by atoms with Crippen molar-refractivity contribution in [1.29, 1.82) is 0 Å². The highest BCUT2D eigenvalue weighted by molar-refractivity contribution is 7.94. The van der Waals surface area contributed by atoms with E-state index in [1.807, 2.05) is 0 Å². The number of amides is 1. The van der Waals surface area contributed by atoms with E-state index in [1.54, 1.807) is 18.2 Å². The minimum atomic E-state index is -4.12. The molecule has 2 aromatic carbocycles. The summed E-state index contributed by atoms with van der Waals surface area (Å²) in [5.41, 5.74) is 0.545. The third-order valence-corrected chi connectivity index (χ3v) is 7.78. The van der Waals surface area contributed by atoms with Crippen molar-refractivity contribution in [3.05, 3.63) is 42.0 Å². The molecule has 10 nitrogen and oxygen atoms in total. The number of rotatable bonds is 8. The van der Waals surface area contributed by atoms with Gasteiger partial charge in [-0.2, -0.15) is 0 Å². The van der Waals surface area contributed by atoms with Crippen molar-refractivity contribution in [2.75, 3.05) is 31.4 Å². The number of carbonyl (C=O) groups is 1. The summed E-state index contributed by atoms with van der Waals surface area (Å²) >= 11 is 0. The highest BCUT2D eigenvalue weighted by Gasteiger charge is 2.37. The van der Waals surface area contributed by atoms with Crippen LogP contribution in [0.15, 0.2) is 41.3 Å². The molecule has 168 valence electrons. The zero-order chi connectivity index (χ0) is 22.8. The minimum absolute atomic E-state index is 0.00704. The van der Waals surface area contributed by atoms with Crippen molar-refractivity contribution in [2.24, 2.45) is 0 Å². The number of ether oxygens (including phenoxy) is 3. The molecule has 0 aliphatic carbocycles. The van der Waals surface area contributed by atoms with Gasteiger partial charge in [0.25, 0.3) is 0 Å². The van der Waals surface area contributed by atoms with Crippen LogP contribution in [0.3, 0.4) is 0 Å². The second-order valence-electron chi connectivity index (χ2n) is 6.57. The van der Waals surface area contributed by atoms with Crippen molar-refractivity contribution in [3.63, 3.8) is 0 Å². The van der Waals surface area contributed by atoms with Crippen LogP contribution in [0, 0.1) is 0 Å². The second-order valence-corrected chi connectivity index (χ2v) is 10.2. The molecule has 0 unspecified atom stereocenters. The Labute approximate surface area is 180 Å². The van der Waals surface area contributed by atoms with Gasteiger partial charge in [0.15, 0.2) is 11.5 Å². The van der Waals surface area contributed by atoms with E-state index in [4.69, 9.17) is 14.2 Å². The first-order chi connectivity index (χ1) is 14.6. The van der Waals surface area contributed by atoms with E-state index in [0.717, 1.165) is 6.07 Å². The van der Waals surface area contributed by atoms with E-state index in [1.165, 1.54) is 33.5 Å². The first-order valence-electron chi connectivity index (χ1n) is 9.07. The number of carbonyl (C=O) groups excluding carboxylic acids is 1. The fourth-order valence-corrected chi connectivity index (χ4v) is 5.77. The highest BCUT2D eigenvalue weighted by Crippen LogP contribution is 2.33. The molecule has 2 aromatic rings. The van der Waals surface area contributed by atoms with Gasteiger partial charge in [-0.15, -0.1) is 0 Å². The number of sulfonamides is 2. The number of hydrogen-bond donors (Lipinski definition) is 1. The molecule has 1 fully saturated rings. The number of nitrogens with zero attached hydrogens (tertiary/aromatic N) is 1. The molecule has 0 saturated carbocycles. The van der Waals surface area contributed by atoms with Gasteiger partial charge in [-0.3, -0.25) is 4.79 Å². The Kier molecular flexibility index (Phi) is 6.43. The number of hydrogen-bond acceptors (Lipinski definition) is 8. The van der Waals surface area contributed by atoms with Gasteiger partial charge in [0.05, 0.1) is 32.8 Å². The van der Waals surface area contributed by atoms with E-state index in [0.29, 0.717) is 21.4 Å². The van der Waals surface area contributed by atoms with E-state index in [2.05, 4.69) is 4.72 Å². The minimum Gasteiger partial charge on any atom is -0.495 e. The van der Waals surface area contributed by atoms with Crippen LogP contribution in [0.1, 0.15) is 12.0 Å². The van der Waals surface area contributed by atoms with Crippen LogP contribution in [0.2, 0.25) is 0 Å². The van der Waals surface area contributed by atoms with Crippen molar-refractivity contribution >= 4 is 31.6 Å². The third-order valence-electron chi connectivity index (χ3n) is 4.66. The smallest absolute Gasteiger partial charge is 0.244 e. The van der Waals surface area contributed by atoms with Gasteiger partial charge in [0.1, 0.15) is 10.6 Å². The molecule has 0 atom stereocenters. The summed E-state index contributed by atoms with van der Waals surface area (Å²) < 4.78 is 68.9. The van der Waals surface area contributed by atoms with Crippen LogP contribution in [-0.2, 0) is 31.4 Å². The molecule has 1 aliphatic rings. The summed E-state index contributed by atoms with van der Waals surface area (Å²) in [6.45, 7) is -0.0724. The van der Waals surface area contributed by atoms with Crippen molar-refractivity contribution in [3.8, 4) is 17.2 Å². The van der Waals surface area contributed by atoms with Gasteiger partial charge < -0.3 is 14.2 Å². The van der Waals surface area contributed by atoms with E-state index in [9.17, 15) is 21.6 Å². The lowest BCUT2D eigenvalue weighted by atomic mass is 10.2. The molecule has 12 heteroatoms. The van der Waals surface area contributed by atoms with Crippen LogP contribution in [0.4, 0.5) is 5.69 Å². The van der Waals surface area contributed by atoms with Gasteiger partial charge in [0.2, 0.25) is 26.0 Å². The average molecular weight is 471 g/mol. The zero-order valence-electron chi connectivity index (χ0n) is 17.1. The average Bonchev–Trinajstić information content (AvgIpc) is 3.03. The highest BCUT2D eigenvalue weighted by atomic mass is 32.2. The number of benzene rings is 2. The quantitative estimate of drug-likeness (QED) is 0.611. The summed E-state index contributed by atoms with van der Waals surface area (Å²) in [5.74, 6) is 0.00761. The predicted molar refractivity (Wildman–Crippen MR) is 112 cm³/mol. The zero-order valence-corrected chi connectivity index (χ0v) is 18.7. The van der Waals surface area contributed by atoms with Gasteiger partial charge in [-0.1, -0.05) is 6.07 Å². The first kappa shape index (κ1) is 22.8. The van der Waals surface area contributed by atoms with Gasteiger partial charge in [-0.25, -0.2) is 25.9 Å². The molecule has 31 heavy (non-hydrogen) atoms. The molecule has 1 N–H and O–H groups in total. The van der Waals surface area contributed by atoms with E-state index < -0.39 is 26.0 Å². The maximum Gasteiger partial charge on any atom is 0.244 e. The lowest BCUT2D eigenvalue weighted by Gasteiger charge is -2.18. The summed E-state index contributed by atoms with van der Waals surface area (Å²) in [4.78, 5) is 11.8. The molecule has 1 aliphatic heterocycles. The van der Waals surface area contributed by atoms with Crippen LogP contribution in [0.5, 0.6) is 17.2 Å². The summed E-state index contributed by atoms with van der Waals surface area (Å²) in [5, 5.41) is 0. The fraction of sp³-hybridized carbons (Fsp3) is 0.316. The van der Waals surface area contributed by atoms with Gasteiger partial charge in [-0.05, 0) is 35.9 Å². The predicted octanol–water partition coefficient (Wildman–Crippen LogP) is 1.26. The summed E-state index contributed by atoms with van der Waals surface area (Å²) in [6.07, 6.45) is -0.159. The van der Waals surface area contributed by atoms with Crippen molar-refractivity contribution in [2.45, 2.75) is 17.9 Å². The Balaban J connectivity index is 1.92. The Morgan fingerprint density at radius 2 is 1.61 bits per heavy atom. The maximum atomic E-state index is 13.0. The number of nitrogens with one attached hydrogen (secondary N) is 1. The molecule has 3 rings (SSSR count). The van der Waals surface area contributed by atoms with Gasteiger partial charge >= 0.3 is 0 Å². The Morgan fingerprint density at radius 3 is 2.19 bits per heavy atom. The topological polar surface area (TPSA) is 128 Å². The molecule has 1 saturated heterocycles. The molecule has 1 heterocycles. The second kappa shape index (κ2) is 8.73. The number of methoxy groups -OCH3 is 3. The third kappa shape index (κ3) is 4.60. The molecule has 0 aromatic heterocycles. The lowest BCUT2D eigenvalue weighted by Crippen LogP contribution is -2.30. The molecule has 1 amide bonds. The lowest BCUT2D eigenvalue weighted by molar-refractivity contribution is -0.116. The van der Waals surface area contributed by atoms with Crippen molar-refractivity contribution < 1.29 is 35.8 Å². The Morgan fingerprint density at radius 1 is 0.968 bits per heavy atom. The van der Waals surface area contributed by atoms with E-state index >= 15 is 0 Å². The molecular weight excluding hydrogens is 448 g/mol. The SMILES string of the molecule is COc1ccc(CNS(=O)(=O)c2cc(N3C(=O)CCS3(=O)=O)ccc2OC)cc1OC. The molecular formula is C19H22N2O8S2. The summed E-state index contributed by atoms with van der Waals surface area (Å²) in [6, 6.07) is 8.69. The number of anilines is 1. The summed E-state index contributed by atoms with van der Waals surface area (Å²) in [7, 11) is -3.71. The fourth-order valence-electron chi connectivity index (χ4n) is 3.12. The van der Waals surface area contributed by atoms with Gasteiger partial charge in [0, 0.05) is 13.0 Å². The standard InChI is InChI=1S/C19H22N2O8S2/c1-27-15-6-4-13(10-17(15)29-3)12-20-31(25,26)18-11-14(5-7-16(18)28-2)21-19(22)8-9-30(21,23)24/h4-7,10-11,20H,8-9,12H2,1-3H3. The Hall–Kier alpha value is -2.83. The monoisotopic (exact) mass is 470 g/mol.